The summed E-state index contributed by atoms with van der Waals surface area (Å²) in [5.74, 6) is -1.10. The van der Waals surface area contributed by atoms with E-state index in [1.807, 2.05) is 11.9 Å². The molecule has 0 saturated carbocycles. The molecule has 50 heavy (non-hydrogen) atoms. The number of nitrogens with zero attached hydrogens (tertiary/aromatic N) is 1. The first-order chi connectivity index (χ1) is 24.3. The first-order valence-corrected chi connectivity index (χ1v) is 17.4. The van der Waals surface area contributed by atoms with Crippen LogP contribution in [0.4, 0.5) is 0 Å². The third kappa shape index (κ3) is 59.4. The van der Waals surface area contributed by atoms with E-state index in [9.17, 15) is 0 Å². The van der Waals surface area contributed by atoms with Gasteiger partial charge in [0.2, 0.25) is 0 Å². The van der Waals surface area contributed by atoms with E-state index in [4.69, 9.17) is 68.0 Å². The molecule has 0 saturated heterocycles. The van der Waals surface area contributed by atoms with Crippen molar-refractivity contribution >= 4 is 0 Å². The summed E-state index contributed by atoms with van der Waals surface area (Å²) >= 11 is 0. The van der Waals surface area contributed by atoms with Gasteiger partial charge in [0.15, 0.2) is 0 Å². The highest BCUT2D eigenvalue weighted by molar-refractivity contribution is 4.55. The minimum Gasteiger partial charge on any atom is -0.395 e. The number of aliphatic hydroxyl groups is 4. The fourth-order valence-corrected chi connectivity index (χ4v) is 3.01. The monoisotopic (exact) mass is 739 g/mol. The standard InChI is InChI=1S/C8H23N5.C7H17NO4.C6H18N4.C5H13NO2.C4H11NO2/c9-1-3-11-5-7-13-8-6-12-4-2-10;1-9-7(10-2,11-3)6-12-5-4-8;7-1-3-9-5-6-10-4-2-8;1-6(2-4-7)3-5-8;6-3-1-5-2-4-7/h11-13H,1-10H2;4-6,8H2,1-3H3;9-10H,1-8H2;7-8H,2-5H2,1H3;5-7H,1-4H2. The van der Waals surface area contributed by atoms with Crippen LogP contribution < -0.4 is 60.6 Å². The van der Waals surface area contributed by atoms with Gasteiger partial charge in [-0.05, 0) is 7.05 Å². The van der Waals surface area contributed by atoms with Crippen LogP contribution in [0.5, 0.6) is 0 Å². The molecule has 0 aliphatic heterocycles. The zero-order valence-corrected chi connectivity index (χ0v) is 31.9. The van der Waals surface area contributed by atoms with Crippen molar-refractivity contribution in [3.05, 3.63) is 0 Å². The minimum atomic E-state index is -1.10. The van der Waals surface area contributed by atoms with E-state index in [-0.39, 0.29) is 33.0 Å². The lowest BCUT2D eigenvalue weighted by molar-refractivity contribution is -0.368. The van der Waals surface area contributed by atoms with Crippen LogP contribution in [-0.2, 0) is 18.9 Å². The molecule has 0 aromatic rings. The van der Waals surface area contributed by atoms with Crippen LogP contribution in [0.1, 0.15) is 0 Å². The van der Waals surface area contributed by atoms with Crippen molar-refractivity contribution in [3.8, 4) is 0 Å². The van der Waals surface area contributed by atoms with Crippen molar-refractivity contribution in [2.45, 2.75) is 5.97 Å². The number of nitrogens with two attached hydrogens (primary N) is 5. The topological polar surface area (TPSA) is 323 Å². The van der Waals surface area contributed by atoms with E-state index >= 15 is 0 Å². The Morgan fingerprint density at radius 2 is 0.760 bits per heavy atom. The number of ether oxygens (including phenoxy) is 4. The van der Waals surface area contributed by atoms with Crippen LogP contribution in [0.15, 0.2) is 0 Å². The van der Waals surface area contributed by atoms with Gasteiger partial charge in [0.05, 0.1) is 33.0 Å². The number of methoxy groups -OCH3 is 3. The molecule has 0 rings (SSSR count). The summed E-state index contributed by atoms with van der Waals surface area (Å²) < 4.78 is 20.0. The summed E-state index contributed by atoms with van der Waals surface area (Å²) in [6, 6.07) is 0. The molecule has 0 bridgehead atoms. The molecule has 0 aromatic heterocycles. The van der Waals surface area contributed by atoms with E-state index in [0.29, 0.717) is 65.5 Å². The predicted molar refractivity (Wildman–Crippen MR) is 203 cm³/mol. The summed E-state index contributed by atoms with van der Waals surface area (Å²) in [4.78, 5) is 1.86. The number of hydrogen-bond acceptors (Lipinski definition) is 20. The lowest BCUT2D eigenvalue weighted by Crippen LogP contribution is -2.41. The second-order valence-corrected chi connectivity index (χ2v) is 9.99. The number of likely N-dealkylation sites (N-methyl/N-ethyl adjacent to an activating group) is 1. The van der Waals surface area contributed by atoms with Crippen LogP contribution in [-0.4, -0.2) is 224 Å². The van der Waals surface area contributed by atoms with Gasteiger partial charge in [0.25, 0.3) is 0 Å². The first kappa shape index (κ1) is 58.5. The van der Waals surface area contributed by atoms with Crippen LogP contribution in [0.3, 0.4) is 0 Å². The highest BCUT2D eigenvalue weighted by Gasteiger charge is 2.29. The van der Waals surface area contributed by atoms with Gasteiger partial charge in [-0.1, -0.05) is 0 Å². The molecule has 20 N–H and O–H groups in total. The maximum absolute atomic E-state index is 8.34. The summed E-state index contributed by atoms with van der Waals surface area (Å²) in [5, 5.41) is 51.8. The average Bonchev–Trinajstić information content (AvgIpc) is 3.13. The van der Waals surface area contributed by atoms with Gasteiger partial charge in [0.1, 0.15) is 6.61 Å². The van der Waals surface area contributed by atoms with Crippen LogP contribution in [0.2, 0.25) is 0 Å². The molecule has 0 fully saturated rings. The van der Waals surface area contributed by atoms with Gasteiger partial charge in [-0.15, -0.1) is 0 Å². The highest BCUT2D eigenvalue weighted by atomic mass is 16.9. The molecule has 20 heteroatoms. The molecular formula is C30H82N12O8. The van der Waals surface area contributed by atoms with Gasteiger partial charge >= 0.3 is 5.97 Å². The van der Waals surface area contributed by atoms with Crippen LogP contribution >= 0.6 is 0 Å². The lowest BCUT2D eigenvalue weighted by atomic mass is 10.5. The maximum atomic E-state index is 8.34. The maximum Gasteiger partial charge on any atom is 0.307 e. The zero-order chi connectivity index (χ0) is 38.8. The van der Waals surface area contributed by atoms with E-state index in [0.717, 1.165) is 65.4 Å². The Hall–Kier alpha value is -0.800. The van der Waals surface area contributed by atoms with E-state index in [1.54, 1.807) is 0 Å². The summed E-state index contributed by atoms with van der Waals surface area (Å²) in [7, 11) is 6.31. The molecular weight excluding hydrogens is 656 g/mol. The van der Waals surface area contributed by atoms with Crippen LogP contribution in [0, 0.1) is 0 Å². The van der Waals surface area contributed by atoms with Gasteiger partial charge < -0.3 is 105 Å². The summed E-state index contributed by atoms with van der Waals surface area (Å²) in [6.07, 6.45) is 0. The predicted octanol–water partition coefficient (Wildman–Crippen LogP) is -7.23. The molecule has 0 aliphatic rings. The lowest BCUT2D eigenvalue weighted by Gasteiger charge is -2.27. The number of rotatable bonds is 32. The van der Waals surface area contributed by atoms with Gasteiger partial charge in [-0.3, -0.25) is 0 Å². The van der Waals surface area contributed by atoms with Gasteiger partial charge in [-0.25, -0.2) is 0 Å². The summed E-state index contributed by atoms with van der Waals surface area (Å²) in [6.45, 7) is 16.4. The number of hydrogen-bond donors (Lipinski definition) is 15. The smallest absolute Gasteiger partial charge is 0.307 e. The van der Waals surface area contributed by atoms with Crippen molar-refractivity contribution in [1.29, 1.82) is 0 Å². The molecule has 0 aliphatic carbocycles. The highest BCUT2D eigenvalue weighted by Crippen LogP contribution is 2.11. The third-order valence-electron chi connectivity index (χ3n) is 5.73. The van der Waals surface area contributed by atoms with Gasteiger partial charge in [-0.2, -0.15) is 0 Å². The second kappa shape index (κ2) is 57.5. The van der Waals surface area contributed by atoms with Crippen molar-refractivity contribution in [2.75, 3.05) is 192 Å². The van der Waals surface area contributed by atoms with E-state index in [1.165, 1.54) is 21.3 Å². The molecule has 0 radical (unpaired) electrons. The van der Waals surface area contributed by atoms with Crippen molar-refractivity contribution in [3.63, 3.8) is 0 Å². The Morgan fingerprint density at radius 1 is 0.460 bits per heavy atom. The fraction of sp³-hybridized carbons (Fsp3) is 1.00. The van der Waals surface area contributed by atoms with Crippen molar-refractivity contribution in [1.82, 2.24) is 36.8 Å². The molecule has 0 heterocycles. The van der Waals surface area contributed by atoms with Crippen molar-refractivity contribution < 1.29 is 39.4 Å². The van der Waals surface area contributed by atoms with E-state index in [2.05, 4.69) is 31.9 Å². The molecule has 0 aromatic carbocycles. The largest absolute Gasteiger partial charge is 0.395 e. The Bertz CT molecular complexity index is 506. The molecule has 310 valence electrons. The first-order valence-electron chi connectivity index (χ1n) is 17.4. The molecule has 0 spiro atoms. The molecule has 20 nitrogen and oxygen atoms in total. The number of nitrogens with one attached hydrogen (secondary N) is 6. The van der Waals surface area contributed by atoms with Crippen LogP contribution in [0.25, 0.3) is 0 Å². The van der Waals surface area contributed by atoms with Crippen molar-refractivity contribution in [2.24, 2.45) is 28.7 Å². The quantitative estimate of drug-likeness (QED) is 0.0225. The fourth-order valence-electron chi connectivity index (χ4n) is 3.01. The second-order valence-electron chi connectivity index (χ2n) is 9.99. The third-order valence-corrected chi connectivity index (χ3v) is 5.73. The number of aliphatic hydroxyl groups excluding tert-OH is 4. The summed E-state index contributed by atoms with van der Waals surface area (Å²) in [5.41, 5.74) is 26.4. The Kier molecular flexibility index (Phi) is 67.3. The minimum absolute atomic E-state index is 0.139. The zero-order valence-electron chi connectivity index (χ0n) is 31.9. The Balaban J connectivity index is -0.000000172. The Morgan fingerprint density at radius 3 is 1.00 bits per heavy atom. The van der Waals surface area contributed by atoms with E-state index < -0.39 is 5.97 Å². The molecule has 0 amide bonds. The normalized spacial score (nSPS) is 10.7. The molecule has 0 atom stereocenters. The SMILES string of the molecule is CN(CCO)CCO.COC(COCCN)(OC)OC.NCCNCCNCCN.NCCNCCNCCNCCN.OCCNCCO. The van der Waals surface area contributed by atoms with Gasteiger partial charge in [0, 0.05) is 146 Å². The molecule has 0 unspecified atom stereocenters. The Labute approximate surface area is 303 Å². The average molecular weight is 739 g/mol.